The lowest BCUT2D eigenvalue weighted by molar-refractivity contribution is -0.0953. The molecule has 0 aromatic carbocycles. The van der Waals surface area contributed by atoms with Gasteiger partial charge in [0.2, 0.25) is 0 Å². The molecule has 4 nitrogen and oxygen atoms in total. The molecule has 5 unspecified atom stereocenters. The molecule has 5 atom stereocenters. The fourth-order valence-corrected chi connectivity index (χ4v) is 1.60. The van der Waals surface area contributed by atoms with Crippen LogP contribution in [0.3, 0.4) is 0 Å². The van der Waals surface area contributed by atoms with Gasteiger partial charge in [-0.2, -0.15) is 5.26 Å². The average Bonchev–Trinajstić information content (AvgIpc) is 2.60. The molecular formula is C11H19NO3. The van der Waals surface area contributed by atoms with Crippen LogP contribution >= 0.6 is 0 Å². The molecule has 1 fully saturated rings. The van der Waals surface area contributed by atoms with Crippen LogP contribution in [0.2, 0.25) is 0 Å². The standard InChI is InChI=1S/C11H19NO3/c1-7-4-5-10(14-7)11(6-12)15-9(3)8(2)13/h7-11,13H,4-5H2,1-3H3. The highest BCUT2D eigenvalue weighted by Gasteiger charge is 2.32. The number of nitriles is 1. The number of rotatable bonds is 4. The molecule has 1 aliphatic rings. The highest BCUT2D eigenvalue weighted by atomic mass is 16.6. The molecule has 0 aromatic rings. The van der Waals surface area contributed by atoms with Gasteiger partial charge in [-0.3, -0.25) is 0 Å². The summed E-state index contributed by atoms with van der Waals surface area (Å²) in [5.74, 6) is 0. The molecule has 0 aromatic heterocycles. The van der Waals surface area contributed by atoms with Crippen LogP contribution in [0.4, 0.5) is 0 Å². The van der Waals surface area contributed by atoms with Crippen LogP contribution in [0, 0.1) is 11.3 Å². The second-order valence-electron chi connectivity index (χ2n) is 4.19. The highest BCUT2D eigenvalue weighted by molar-refractivity contribution is 4.94. The van der Waals surface area contributed by atoms with Gasteiger partial charge in [-0.05, 0) is 33.6 Å². The lowest BCUT2D eigenvalue weighted by atomic mass is 10.1. The molecule has 0 radical (unpaired) electrons. The minimum absolute atomic E-state index is 0.147. The third-order valence-electron chi connectivity index (χ3n) is 2.77. The van der Waals surface area contributed by atoms with E-state index in [2.05, 4.69) is 6.07 Å². The minimum Gasteiger partial charge on any atom is -0.391 e. The van der Waals surface area contributed by atoms with Crippen LogP contribution in [-0.4, -0.2) is 35.6 Å². The third-order valence-corrected chi connectivity index (χ3v) is 2.77. The Labute approximate surface area is 90.8 Å². The van der Waals surface area contributed by atoms with Gasteiger partial charge in [-0.15, -0.1) is 0 Å². The number of aliphatic hydroxyl groups is 1. The molecule has 0 saturated carbocycles. The molecule has 15 heavy (non-hydrogen) atoms. The van der Waals surface area contributed by atoms with Crippen molar-refractivity contribution >= 4 is 0 Å². The van der Waals surface area contributed by atoms with Gasteiger partial charge < -0.3 is 14.6 Å². The summed E-state index contributed by atoms with van der Waals surface area (Å²) < 4.78 is 11.0. The SMILES string of the molecule is CC1CCC(C(C#N)OC(C)C(C)O)O1. The largest absolute Gasteiger partial charge is 0.391 e. The maximum Gasteiger partial charge on any atom is 0.170 e. The molecule has 1 saturated heterocycles. The van der Waals surface area contributed by atoms with Crippen LogP contribution in [0.1, 0.15) is 33.6 Å². The summed E-state index contributed by atoms with van der Waals surface area (Å²) in [4.78, 5) is 0. The molecule has 1 aliphatic heterocycles. The smallest absolute Gasteiger partial charge is 0.170 e. The second-order valence-corrected chi connectivity index (χ2v) is 4.19. The second kappa shape index (κ2) is 5.45. The average molecular weight is 213 g/mol. The molecule has 0 spiro atoms. The Kier molecular flexibility index (Phi) is 4.52. The predicted molar refractivity (Wildman–Crippen MR) is 55.2 cm³/mol. The Bertz CT molecular complexity index is 236. The number of hydrogen-bond acceptors (Lipinski definition) is 4. The molecule has 1 rings (SSSR count). The third kappa shape index (κ3) is 3.45. The van der Waals surface area contributed by atoms with Gasteiger partial charge in [0.15, 0.2) is 6.10 Å². The Hall–Kier alpha value is -0.630. The van der Waals surface area contributed by atoms with E-state index in [-0.39, 0.29) is 18.3 Å². The zero-order valence-electron chi connectivity index (χ0n) is 9.51. The normalized spacial score (nSPS) is 31.9. The van der Waals surface area contributed by atoms with E-state index >= 15 is 0 Å². The Morgan fingerprint density at radius 2 is 2.13 bits per heavy atom. The summed E-state index contributed by atoms with van der Waals surface area (Å²) >= 11 is 0. The van der Waals surface area contributed by atoms with E-state index in [1.165, 1.54) is 0 Å². The van der Waals surface area contributed by atoms with E-state index in [0.29, 0.717) is 0 Å². The van der Waals surface area contributed by atoms with Crippen molar-refractivity contribution in [1.82, 2.24) is 0 Å². The zero-order chi connectivity index (χ0) is 11.4. The first-order valence-electron chi connectivity index (χ1n) is 5.43. The molecular weight excluding hydrogens is 194 g/mol. The summed E-state index contributed by atoms with van der Waals surface area (Å²) in [7, 11) is 0. The lowest BCUT2D eigenvalue weighted by Crippen LogP contribution is -2.35. The van der Waals surface area contributed by atoms with Gasteiger partial charge in [0.1, 0.15) is 0 Å². The first-order chi connectivity index (χ1) is 7.04. The molecule has 0 amide bonds. The van der Waals surface area contributed by atoms with Crippen molar-refractivity contribution in [3.8, 4) is 6.07 Å². The van der Waals surface area contributed by atoms with Crippen molar-refractivity contribution in [2.24, 2.45) is 0 Å². The maximum atomic E-state index is 9.28. The van der Waals surface area contributed by atoms with Crippen molar-refractivity contribution in [3.05, 3.63) is 0 Å². The van der Waals surface area contributed by atoms with Gasteiger partial charge in [0.25, 0.3) is 0 Å². The molecule has 1 heterocycles. The van der Waals surface area contributed by atoms with E-state index in [1.807, 2.05) is 6.92 Å². The summed E-state index contributed by atoms with van der Waals surface area (Å²) in [6.07, 6.45) is 0.400. The maximum absolute atomic E-state index is 9.28. The first-order valence-corrected chi connectivity index (χ1v) is 5.43. The van der Waals surface area contributed by atoms with Gasteiger partial charge in [-0.1, -0.05) is 0 Å². The van der Waals surface area contributed by atoms with E-state index in [9.17, 15) is 5.11 Å². The molecule has 86 valence electrons. The fourth-order valence-electron chi connectivity index (χ4n) is 1.60. The van der Waals surface area contributed by atoms with Crippen LogP contribution in [0.5, 0.6) is 0 Å². The van der Waals surface area contributed by atoms with E-state index in [1.54, 1.807) is 13.8 Å². The van der Waals surface area contributed by atoms with Crippen LogP contribution in [0.15, 0.2) is 0 Å². The number of ether oxygens (including phenoxy) is 2. The van der Waals surface area contributed by atoms with Crippen molar-refractivity contribution in [2.75, 3.05) is 0 Å². The van der Waals surface area contributed by atoms with Gasteiger partial charge >= 0.3 is 0 Å². The highest BCUT2D eigenvalue weighted by Crippen LogP contribution is 2.24. The van der Waals surface area contributed by atoms with Crippen molar-refractivity contribution in [1.29, 1.82) is 5.26 Å². The summed E-state index contributed by atoms with van der Waals surface area (Å²) in [5.41, 5.74) is 0. The van der Waals surface area contributed by atoms with E-state index < -0.39 is 12.2 Å². The molecule has 4 heteroatoms. The van der Waals surface area contributed by atoms with Gasteiger partial charge in [0, 0.05) is 0 Å². The van der Waals surface area contributed by atoms with E-state index in [0.717, 1.165) is 12.8 Å². The van der Waals surface area contributed by atoms with Crippen molar-refractivity contribution in [2.45, 2.75) is 64.1 Å². The van der Waals surface area contributed by atoms with E-state index in [4.69, 9.17) is 14.7 Å². The van der Waals surface area contributed by atoms with Crippen LogP contribution in [0.25, 0.3) is 0 Å². The Morgan fingerprint density at radius 3 is 2.53 bits per heavy atom. The Morgan fingerprint density at radius 1 is 1.47 bits per heavy atom. The quantitative estimate of drug-likeness (QED) is 0.763. The van der Waals surface area contributed by atoms with Gasteiger partial charge in [-0.25, -0.2) is 0 Å². The topological polar surface area (TPSA) is 62.5 Å². The zero-order valence-corrected chi connectivity index (χ0v) is 9.51. The first kappa shape index (κ1) is 12.4. The minimum atomic E-state index is -0.570. The molecule has 1 N–H and O–H groups in total. The van der Waals surface area contributed by atoms with Gasteiger partial charge in [0.05, 0.1) is 30.5 Å². The van der Waals surface area contributed by atoms with Crippen molar-refractivity contribution < 1.29 is 14.6 Å². The monoisotopic (exact) mass is 213 g/mol. The van der Waals surface area contributed by atoms with Crippen LogP contribution in [-0.2, 0) is 9.47 Å². The Balaban J connectivity index is 2.46. The predicted octanol–water partition coefficient (Wildman–Crippen LogP) is 1.23. The fraction of sp³-hybridized carbons (Fsp3) is 0.909. The molecule has 0 bridgehead atoms. The van der Waals surface area contributed by atoms with Crippen LogP contribution < -0.4 is 0 Å². The van der Waals surface area contributed by atoms with Crippen molar-refractivity contribution in [3.63, 3.8) is 0 Å². The lowest BCUT2D eigenvalue weighted by Gasteiger charge is -2.23. The number of aliphatic hydroxyl groups excluding tert-OH is 1. The number of nitrogens with zero attached hydrogens (tertiary/aromatic N) is 1. The summed E-state index contributed by atoms with van der Waals surface area (Å²) in [5, 5.41) is 18.3. The number of hydrogen-bond donors (Lipinski definition) is 1. The molecule has 0 aliphatic carbocycles. The summed E-state index contributed by atoms with van der Waals surface area (Å²) in [6, 6.07) is 2.09. The summed E-state index contributed by atoms with van der Waals surface area (Å²) in [6.45, 7) is 5.40.